The van der Waals surface area contributed by atoms with Crippen LogP contribution in [0.3, 0.4) is 0 Å². The van der Waals surface area contributed by atoms with Gasteiger partial charge < -0.3 is 5.73 Å². The predicted molar refractivity (Wildman–Crippen MR) is 65.6 cm³/mol. The molecule has 17 heavy (non-hydrogen) atoms. The van der Waals surface area contributed by atoms with Gasteiger partial charge in [-0.1, -0.05) is 18.5 Å². The van der Waals surface area contributed by atoms with Crippen LogP contribution in [0.1, 0.15) is 30.6 Å². The van der Waals surface area contributed by atoms with Gasteiger partial charge in [-0.25, -0.2) is 9.97 Å². The lowest BCUT2D eigenvalue weighted by Crippen LogP contribution is -2.18. The number of nitrogens with zero attached hydrogens (tertiary/aromatic N) is 4. The molecule has 2 aromatic heterocycles. The molecular formula is C11H14ClN5. The number of aromatic nitrogens is 4. The van der Waals surface area contributed by atoms with Crippen molar-refractivity contribution in [2.45, 2.75) is 25.9 Å². The number of nitrogens with two attached hydrogens (primary N) is 1. The summed E-state index contributed by atoms with van der Waals surface area (Å²) >= 11 is 6.12. The zero-order chi connectivity index (χ0) is 12.3. The quantitative estimate of drug-likeness (QED) is 0.899. The molecule has 0 saturated heterocycles. The molecule has 2 aromatic rings. The summed E-state index contributed by atoms with van der Waals surface area (Å²) in [5.41, 5.74) is 7.80. The molecule has 0 fully saturated rings. The van der Waals surface area contributed by atoms with E-state index in [0.29, 0.717) is 5.02 Å². The van der Waals surface area contributed by atoms with E-state index in [2.05, 4.69) is 22.0 Å². The molecule has 0 aliphatic carbocycles. The highest BCUT2D eigenvalue weighted by Gasteiger charge is 2.18. The number of halogens is 1. The molecule has 5 nitrogen and oxygen atoms in total. The Morgan fingerprint density at radius 3 is 2.71 bits per heavy atom. The second kappa shape index (κ2) is 5.25. The molecule has 2 rings (SSSR count). The van der Waals surface area contributed by atoms with E-state index in [1.807, 2.05) is 4.68 Å². The number of aryl methyl sites for hydroxylation is 1. The van der Waals surface area contributed by atoms with E-state index in [4.69, 9.17) is 17.3 Å². The van der Waals surface area contributed by atoms with Crippen LogP contribution in [0.15, 0.2) is 24.9 Å². The molecule has 0 aromatic carbocycles. The van der Waals surface area contributed by atoms with Crippen LogP contribution < -0.4 is 5.73 Å². The third-order valence-electron chi connectivity index (χ3n) is 2.50. The zero-order valence-corrected chi connectivity index (χ0v) is 10.3. The maximum absolute atomic E-state index is 6.17. The van der Waals surface area contributed by atoms with Gasteiger partial charge in [0, 0.05) is 24.5 Å². The van der Waals surface area contributed by atoms with Crippen LogP contribution in [0.5, 0.6) is 0 Å². The van der Waals surface area contributed by atoms with Crippen molar-refractivity contribution in [3.05, 3.63) is 41.2 Å². The fourth-order valence-corrected chi connectivity index (χ4v) is 1.96. The molecule has 0 aliphatic rings. The van der Waals surface area contributed by atoms with Crippen molar-refractivity contribution in [1.29, 1.82) is 0 Å². The third-order valence-corrected chi connectivity index (χ3v) is 2.79. The van der Waals surface area contributed by atoms with E-state index < -0.39 is 0 Å². The minimum Gasteiger partial charge on any atom is -0.319 e. The summed E-state index contributed by atoms with van der Waals surface area (Å²) in [7, 11) is 0. The van der Waals surface area contributed by atoms with Crippen molar-refractivity contribution in [1.82, 2.24) is 19.7 Å². The van der Waals surface area contributed by atoms with Gasteiger partial charge in [0.2, 0.25) is 0 Å². The van der Waals surface area contributed by atoms with Gasteiger partial charge in [-0.15, -0.1) is 0 Å². The first-order valence-corrected chi connectivity index (χ1v) is 5.83. The SMILES string of the molecule is CCCn1ncc(Cl)c1C(N)c1cncnc1. The van der Waals surface area contributed by atoms with Gasteiger partial charge in [0.05, 0.1) is 23.0 Å². The van der Waals surface area contributed by atoms with Crippen LogP contribution in [0.2, 0.25) is 5.02 Å². The summed E-state index contributed by atoms with van der Waals surface area (Å²) in [6, 6.07) is -0.349. The highest BCUT2D eigenvalue weighted by molar-refractivity contribution is 6.31. The van der Waals surface area contributed by atoms with Gasteiger partial charge in [-0.05, 0) is 6.42 Å². The van der Waals surface area contributed by atoms with Crippen LogP contribution in [0, 0.1) is 0 Å². The maximum atomic E-state index is 6.17. The van der Waals surface area contributed by atoms with Crippen molar-refractivity contribution in [3.63, 3.8) is 0 Å². The molecular weight excluding hydrogens is 238 g/mol. The first kappa shape index (κ1) is 12.0. The van der Waals surface area contributed by atoms with E-state index in [1.165, 1.54) is 6.33 Å². The number of rotatable bonds is 4. The fraction of sp³-hybridized carbons (Fsp3) is 0.364. The van der Waals surface area contributed by atoms with E-state index in [-0.39, 0.29) is 6.04 Å². The molecule has 1 atom stereocenters. The van der Waals surface area contributed by atoms with Crippen LogP contribution >= 0.6 is 11.6 Å². The monoisotopic (exact) mass is 251 g/mol. The largest absolute Gasteiger partial charge is 0.319 e. The zero-order valence-electron chi connectivity index (χ0n) is 9.55. The fourth-order valence-electron chi connectivity index (χ4n) is 1.70. The smallest absolute Gasteiger partial charge is 0.115 e. The molecule has 0 bridgehead atoms. The van der Waals surface area contributed by atoms with Gasteiger partial charge in [0.15, 0.2) is 0 Å². The van der Waals surface area contributed by atoms with Crippen LogP contribution in [-0.4, -0.2) is 19.7 Å². The average Bonchev–Trinajstić information content (AvgIpc) is 2.71. The molecule has 6 heteroatoms. The summed E-state index contributed by atoms with van der Waals surface area (Å²) in [4.78, 5) is 7.91. The lowest BCUT2D eigenvalue weighted by atomic mass is 10.1. The number of hydrogen-bond donors (Lipinski definition) is 1. The van der Waals surface area contributed by atoms with Crippen molar-refractivity contribution < 1.29 is 0 Å². The molecule has 0 radical (unpaired) electrons. The van der Waals surface area contributed by atoms with Gasteiger partial charge in [-0.3, -0.25) is 4.68 Å². The number of hydrogen-bond acceptors (Lipinski definition) is 4. The lowest BCUT2D eigenvalue weighted by Gasteiger charge is -2.14. The molecule has 0 saturated carbocycles. The van der Waals surface area contributed by atoms with E-state index >= 15 is 0 Å². The lowest BCUT2D eigenvalue weighted by molar-refractivity contribution is 0.559. The Morgan fingerprint density at radius 1 is 1.35 bits per heavy atom. The minimum absolute atomic E-state index is 0.349. The van der Waals surface area contributed by atoms with Crippen molar-refractivity contribution in [3.8, 4) is 0 Å². The van der Waals surface area contributed by atoms with Crippen molar-refractivity contribution in [2.75, 3.05) is 0 Å². The normalized spacial score (nSPS) is 12.6. The van der Waals surface area contributed by atoms with E-state index in [0.717, 1.165) is 24.2 Å². The van der Waals surface area contributed by atoms with Crippen molar-refractivity contribution in [2.24, 2.45) is 5.73 Å². The highest BCUT2D eigenvalue weighted by Crippen LogP contribution is 2.25. The summed E-state index contributed by atoms with van der Waals surface area (Å²) in [5.74, 6) is 0. The summed E-state index contributed by atoms with van der Waals surface area (Å²) in [6.45, 7) is 2.87. The Hall–Kier alpha value is -1.46. The predicted octanol–water partition coefficient (Wildman–Crippen LogP) is 1.78. The Morgan fingerprint density at radius 2 is 2.06 bits per heavy atom. The summed E-state index contributed by atoms with van der Waals surface area (Å²) in [5, 5.41) is 4.79. The van der Waals surface area contributed by atoms with Crippen LogP contribution in [-0.2, 0) is 6.54 Å². The van der Waals surface area contributed by atoms with Gasteiger partial charge >= 0.3 is 0 Å². The van der Waals surface area contributed by atoms with Gasteiger partial charge in [0.25, 0.3) is 0 Å². The maximum Gasteiger partial charge on any atom is 0.115 e. The summed E-state index contributed by atoms with van der Waals surface area (Å²) < 4.78 is 1.83. The topological polar surface area (TPSA) is 69.6 Å². The Labute approximate surface area is 105 Å². The average molecular weight is 252 g/mol. The Bertz CT molecular complexity index is 482. The van der Waals surface area contributed by atoms with E-state index in [1.54, 1.807) is 18.6 Å². The molecule has 0 aliphatic heterocycles. The van der Waals surface area contributed by atoms with Crippen molar-refractivity contribution >= 4 is 11.6 Å². The van der Waals surface area contributed by atoms with Gasteiger partial charge in [0.1, 0.15) is 6.33 Å². The molecule has 90 valence electrons. The molecule has 1 unspecified atom stereocenters. The molecule has 0 amide bonds. The molecule has 2 heterocycles. The first-order valence-electron chi connectivity index (χ1n) is 5.45. The minimum atomic E-state index is -0.349. The van der Waals surface area contributed by atoms with Crippen LogP contribution in [0.4, 0.5) is 0 Å². The summed E-state index contributed by atoms with van der Waals surface area (Å²) in [6.07, 6.45) is 7.45. The Kier molecular flexibility index (Phi) is 3.71. The highest BCUT2D eigenvalue weighted by atomic mass is 35.5. The van der Waals surface area contributed by atoms with Gasteiger partial charge in [-0.2, -0.15) is 5.10 Å². The second-order valence-corrected chi connectivity index (χ2v) is 4.16. The molecule has 2 N–H and O–H groups in total. The molecule has 0 spiro atoms. The Balaban J connectivity index is 2.36. The third kappa shape index (κ3) is 2.45. The standard InChI is InChI=1S/C11H14ClN5/c1-2-3-17-11(9(12)6-16-17)10(13)8-4-14-7-15-5-8/h4-7,10H,2-3,13H2,1H3. The second-order valence-electron chi connectivity index (χ2n) is 3.75. The van der Waals surface area contributed by atoms with E-state index in [9.17, 15) is 0 Å². The first-order chi connectivity index (χ1) is 8.24. The van der Waals surface area contributed by atoms with Crippen LogP contribution in [0.25, 0.3) is 0 Å².